The standard InChI is InChI=1S/C9H7Cl2NS/c1-6-4-9(13-3-2-12)8(11)5-7(6)10/h4-5H,3H2,1H3. The second-order valence-electron chi connectivity index (χ2n) is 2.48. The number of hydrogen-bond acceptors (Lipinski definition) is 2. The van der Waals surface area contributed by atoms with E-state index in [1.165, 1.54) is 11.8 Å². The Labute approximate surface area is 91.6 Å². The van der Waals surface area contributed by atoms with Crippen molar-refractivity contribution in [2.75, 3.05) is 5.75 Å². The fourth-order valence-corrected chi connectivity index (χ4v) is 2.08. The highest BCUT2D eigenvalue weighted by Gasteiger charge is 2.04. The highest BCUT2D eigenvalue weighted by atomic mass is 35.5. The third-order valence-corrected chi connectivity index (χ3v) is 3.26. The van der Waals surface area contributed by atoms with Gasteiger partial charge in [0.05, 0.1) is 16.8 Å². The van der Waals surface area contributed by atoms with Crippen LogP contribution in [0.1, 0.15) is 5.56 Å². The third-order valence-electron chi connectivity index (χ3n) is 1.51. The zero-order valence-electron chi connectivity index (χ0n) is 6.97. The van der Waals surface area contributed by atoms with Crippen LogP contribution in [-0.4, -0.2) is 5.75 Å². The van der Waals surface area contributed by atoms with E-state index in [4.69, 9.17) is 28.5 Å². The molecule has 0 amide bonds. The summed E-state index contributed by atoms with van der Waals surface area (Å²) in [6, 6.07) is 5.65. The van der Waals surface area contributed by atoms with Crippen molar-refractivity contribution in [1.82, 2.24) is 0 Å². The molecule has 13 heavy (non-hydrogen) atoms. The normalized spacial score (nSPS) is 9.69. The van der Waals surface area contributed by atoms with Gasteiger partial charge in [0.25, 0.3) is 0 Å². The molecule has 0 spiro atoms. The van der Waals surface area contributed by atoms with Gasteiger partial charge in [-0.3, -0.25) is 0 Å². The van der Waals surface area contributed by atoms with Crippen molar-refractivity contribution in [2.24, 2.45) is 0 Å². The monoisotopic (exact) mass is 231 g/mol. The molecule has 1 rings (SSSR count). The number of thioether (sulfide) groups is 1. The molecule has 0 aliphatic carbocycles. The molecule has 0 saturated carbocycles. The molecule has 1 aromatic rings. The molecule has 1 aromatic carbocycles. The summed E-state index contributed by atoms with van der Waals surface area (Å²) in [5, 5.41) is 9.67. The largest absolute Gasteiger partial charge is 0.197 e. The molecule has 0 aliphatic heterocycles. The summed E-state index contributed by atoms with van der Waals surface area (Å²) in [4.78, 5) is 0.908. The molecule has 0 unspecified atom stereocenters. The molecular weight excluding hydrogens is 225 g/mol. The van der Waals surface area contributed by atoms with Crippen LogP contribution in [0.25, 0.3) is 0 Å². The van der Waals surface area contributed by atoms with Gasteiger partial charge in [-0.15, -0.1) is 11.8 Å². The Kier molecular flexibility index (Phi) is 3.92. The van der Waals surface area contributed by atoms with Crippen LogP contribution in [0.4, 0.5) is 0 Å². The fraction of sp³-hybridized carbons (Fsp3) is 0.222. The number of aryl methyl sites for hydroxylation is 1. The second-order valence-corrected chi connectivity index (χ2v) is 4.31. The van der Waals surface area contributed by atoms with Crippen LogP contribution in [0.5, 0.6) is 0 Å². The van der Waals surface area contributed by atoms with Crippen molar-refractivity contribution in [3.8, 4) is 6.07 Å². The maximum absolute atomic E-state index is 8.40. The minimum Gasteiger partial charge on any atom is -0.197 e. The Balaban J connectivity index is 2.96. The minimum absolute atomic E-state index is 0.404. The Morgan fingerprint density at radius 3 is 2.69 bits per heavy atom. The fourth-order valence-electron chi connectivity index (χ4n) is 0.851. The first kappa shape index (κ1) is 10.7. The van der Waals surface area contributed by atoms with Crippen molar-refractivity contribution in [3.63, 3.8) is 0 Å². The predicted octanol–water partition coefficient (Wildman–Crippen LogP) is 3.92. The van der Waals surface area contributed by atoms with E-state index in [1.807, 2.05) is 19.1 Å². The van der Waals surface area contributed by atoms with Crippen molar-refractivity contribution in [1.29, 1.82) is 5.26 Å². The van der Waals surface area contributed by atoms with E-state index in [9.17, 15) is 0 Å². The Bertz CT molecular complexity index is 357. The highest BCUT2D eigenvalue weighted by molar-refractivity contribution is 7.99. The summed E-state index contributed by atoms with van der Waals surface area (Å²) in [7, 11) is 0. The van der Waals surface area contributed by atoms with Crippen LogP contribution in [-0.2, 0) is 0 Å². The molecule has 4 heteroatoms. The molecule has 0 saturated heterocycles. The van der Waals surface area contributed by atoms with Crippen LogP contribution < -0.4 is 0 Å². The Morgan fingerprint density at radius 1 is 1.38 bits per heavy atom. The Morgan fingerprint density at radius 2 is 2.08 bits per heavy atom. The van der Waals surface area contributed by atoms with Gasteiger partial charge in [0.15, 0.2) is 0 Å². The first-order valence-corrected chi connectivity index (χ1v) is 5.34. The molecule has 0 fully saturated rings. The molecule has 0 aromatic heterocycles. The minimum atomic E-state index is 0.404. The smallest absolute Gasteiger partial charge is 0.0855 e. The van der Waals surface area contributed by atoms with Crippen molar-refractivity contribution in [2.45, 2.75) is 11.8 Å². The summed E-state index contributed by atoms with van der Waals surface area (Å²) in [5.74, 6) is 0.404. The zero-order valence-corrected chi connectivity index (χ0v) is 9.30. The maximum atomic E-state index is 8.40. The van der Waals surface area contributed by atoms with E-state index in [1.54, 1.807) is 6.07 Å². The van der Waals surface area contributed by atoms with Gasteiger partial charge in [-0.25, -0.2) is 0 Å². The molecular formula is C9H7Cl2NS. The molecule has 68 valence electrons. The van der Waals surface area contributed by atoms with Crippen LogP contribution >= 0.6 is 35.0 Å². The maximum Gasteiger partial charge on any atom is 0.0855 e. The van der Waals surface area contributed by atoms with E-state index >= 15 is 0 Å². The lowest BCUT2D eigenvalue weighted by molar-refractivity contribution is 1.36. The van der Waals surface area contributed by atoms with Crippen molar-refractivity contribution in [3.05, 3.63) is 27.7 Å². The number of benzene rings is 1. The number of rotatable bonds is 2. The Hall–Kier alpha value is -0.360. The van der Waals surface area contributed by atoms with E-state index in [-0.39, 0.29) is 0 Å². The van der Waals surface area contributed by atoms with Crippen LogP contribution in [0.3, 0.4) is 0 Å². The second kappa shape index (κ2) is 4.76. The first-order chi connectivity index (χ1) is 6.15. The summed E-state index contributed by atoms with van der Waals surface area (Å²) in [6.45, 7) is 1.91. The molecule has 0 bridgehead atoms. The molecule has 0 atom stereocenters. The van der Waals surface area contributed by atoms with Gasteiger partial charge in [-0.1, -0.05) is 23.2 Å². The average Bonchev–Trinajstić information content (AvgIpc) is 2.09. The van der Waals surface area contributed by atoms with Gasteiger partial charge in [-0.05, 0) is 24.6 Å². The van der Waals surface area contributed by atoms with Crippen molar-refractivity contribution >= 4 is 35.0 Å². The third kappa shape index (κ3) is 2.80. The summed E-state index contributed by atoms with van der Waals surface area (Å²) >= 11 is 13.2. The summed E-state index contributed by atoms with van der Waals surface area (Å²) in [5.41, 5.74) is 0.978. The van der Waals surface area contributed by atoms with E-state index in [0.717, 1.165) is 10.5 Å². The lowest BCUT2D eigenvalue weighted by Crippen LogP contribution is -1.81. The van der Waals surface area contributed by atoms with Gasteiger partial charge >= 0.3 is 0 Å². The van der Waals surface area contributed by atoms with E-state index < -0.39 is 0 Å². The van der Waals surface area contributed by atoms with Crippen LogP contribution in [0, 0.1) is 18.3 Å². The lowest BCUT2D eigenvalue weighted by atomic mass is 10.2. The van der Waals surface area contributed by atoms with Crippen LogP contribution in [0.15, 0.2) is 17.0 Å². The average molecular weight is 232 g/mol. The van der Waals surface area contributed by atoms with Gasteiger partial charge in [0.2, 0.25) is 0 Å². The molecule has 0 heterocycles. The zero-order chi connectivity index (χ0) is 9.84. The summed E-state index contributed by atoms with van der Waals surface area (Å²) in [6.07, 6.45) is 0. The number of halogens is 2. The van der Waals surface area contributed by atoms with Gasteiger partial charge < -0.3 is 0 Å². The quantitative estimate of drug-likeness (QED) is 0.721. The van der Waals surface area contributed by atoms with Crippen molar-refractivity contribution < 1.29 is 0 Å². The summed E-state index contributed by atoms with van der Waals surface area (Å²) < 4.78 is 0. The van der Waals surface area contributed by atoms with Gasteiger partial charge in [0.1, 0.15) is 0 Å². The lowest BCUT2D eigenvalue weighted by Gasteiger charge is -2.04. The predicted molar refractivity (Wildman–Crippen MR) is 57.5 cm³/mol. The van der Waals surface area contributed by atoms with Gasteiger partial charge in [0, 0.05) is 9.92 Å². The molecule has 0 N–H and O–H groups in total. The number of hydrogen-bond donors (Lipinski definition) is 0. The van der Waals surface area contributed by atoms with Gasteiger partial charge in [-0.2, -0.15) is 5.26 Å². The number of nitriles is 1. The topological polar surface area (TPSA) is 23.8 Å². The SMILES string of the molecule is Cc1cc(SCC#N)c(Cl)cc1Cl. The number of nitrogens with zero attached hydrogens (tertiary/aromatic N) is 1. The van der Waals surface area contributed by atoms with Crippen LogP contribution in [0.2, 0.25) is 10.0 Å². The molecule has 1 nitrogen and oxygen atoms in total. The molecule has 0 radical (unpaired) electrons. The van der Waals surface area contributed by atoms with E-state index in [0.29, 0.717) is 15.8 Å². The first-order valence-electron chi connectivity index (χ1n) is 3.60. The van der Waals surface area contributed by atoms with E-state index in [2.05, 4.69) is 0 Å². The highest BCUT2D eigenvalue weighted by Crippen LogP contribution is 2.31. The molecule has 0 aliphatic rings.